The molecule has 1 rings (SSSR count). The van der Waals surface area contributed by atoms with Crippen LogP contribution in [0.5, 0.6) is 0 Å². The number of esters is 1. The summed E-state index contributed by atoms with van der Waals surface area (Å²) in [6.45, 7) is 1.23. The third kappa shape index (κ3) is 1.93. The Morgan fingerprint density at radius 3 is 2.83 bits per heavy atom. The average molecular weight is 170 g/mol. The summed E-state index contributed by atoms with van der Waals surface area (Å²) in [6, 6.07) is 0. The van der Waals surface area contributed by atoms with Gasteiger partial charge in [-0.05, 0) is 6.08 Å². The SMILES string of the molecule is CC(=O)OC1=CC=C[C@H](O)[C@H]1O. The number of hydrogen-bond donors (Lipinski definition) is 2. The van der Waals surface area contributed by atoms with E-state index in [1.807, 2.05) is 0 Å². The number of aliphatic hydroxyl groups is 2. The first kappa shape index (κ1) is 8.96. The predicted octanol–water partition coefficient (Wildman–Crippen LogP) is -0.275. The Morgan fingerprint density at radius 1 is 1.58 bits per heavy atom. The van der Waals surface area contributed by atoms with Gasteiger partial charge in [0.25, 0.3) is 0 Å². The van der Waals surface area contributed by atoms with Crippen molar-refractivity contribution in [1.29, 1.82) is 0 Å². The average Bonchev–Trinajstić information content (AvgIpc) is 1.98. The van der Waals surface area contributed by atoms with E-state index >= 15 is 0 Å². The van der Waals surface area contributed by atoms with Crippen LogP contribution in [0.25, 0.3) is 0 Å². The molecule has 4 nitrogen and oxygen atoms in total. The van der Waals surface area contributed by atoms with Gasteiger partial charge in [0.1, 0.15) is 18.0 Å². The second-order valence-electron chi connectivity index (χ2n) is 2.48. The van der Waals surface area contributed by atoms with Crippen molar-refractivity contribution >= 4 is 5.97 Å². The molecule has 0 aromatic carbocycles. The Balaban J connectivity index is 2.69. The lowest BCUT2D eigenvalue weighted by atomic mass is 10.1. The number of allylic oxidation sites excluding steroid dienone is 2. The van der Waals surface area contributed by atoms with Crippen LogP contribution >= 0.6 is 0 Å². The van der Waals surface area contributed by atoms with Gasteiger partial charge in [-0.3, -0.25) is 4.79 Å². The minimum atomic E-state index is -1.14. The molecular formula is C8H10O4. The van der Waals surface area contributed by atoms with Crippen molar-refractivity contribution in [1.82, 2.24) is 0 Å². The van der Waals surface area contributed by atoms with E-state index in [2.05, 4.69) is 4.74 Å². The number of aliphatic hydroxyl groups excluding tert-OH is 2. The molecule has 0 saturated carbocycles. The largest absolute Gasteiger partial charge is 0.428 e. The Morgan fingerprint density at radius 2 is 2.25 bits per heavy atom. The fraction of sp³-hybridized carbons (Fsp3) is 0.375. The number of hydrogen-bond acceptors (Lipinski definition) is 4. The fourth-order valence-electron chi connectivity index (χ4n) is 0.897. The van der Waals surface area contributed by atoms with Crippen molar-refractivity contribution in [3.05, 3.63) is 24.0 Å². The van der Waals surface area contributed by atoms with Gasteiger partial charge in [-0.2, -0.15) is 0 Å². The lowest BCUT2D eigenvalue weighted by molar-refractivity contribution is -0.139. The van der Waals surface area contributed by atoms with E-state index in [1.54, 1.807) is 0 Å². The topological polar surface area (TPSA) is 66.8 Å². The summed E-state index contributed by atoms with van der Waals surface area (Å²) in [5, 5.41) is 18.3. The van der Waals surface area contributed by atoms with Gasteiger partial charge in [-0.15, -0.1) is 0 Å². The Labute approximate surface area is 69.8 Å². The third-order valence-electron chi connectivity index (χ3n) is 1.45. The smallest absolute Gasteiger partial charge is 0.307 e. The first-order valence-electron chi connectivity index (χ1n) is 3.54. The summed E-state index contributed by atoms with van der Waals surface area (Å²) in [5.41, 5.74) is 0. The van der Waals surface area contributed by atoms with Gasteiger partial charge in [0.15, 0.2) is 0 Å². The molecule has 0 fully saturated rings. The molecule has 1 aliphatic rings. The molecule has 2 atom stereocenters. The Bertz CT molecular complexity index is 241. The van der Waals surface area contributed by atoms with Gasteiger partial charge >= 0.3 is 5.97 Å². The molecule has 1 aliphatic carbocycles. The quantitative estimate of drug-likeness (QED) is 0.531. The molecule has 0 heterocycles. The molecular weight excluding hydrogens is 160 g/mol. The summed E-state index contributed by atoms with van der Waals surface area (Å²) >= 11 is 0. The molecule has 4 heteroatoms. The lowest BCUT2D eigenvalue weighted by Crippen LogP contribution is -2.29. The third-order valence-corrected chi connectivity index (χ3v) is 1.45. The first-order chi connectivity index (χ1) is 5.61. The molecule has 0 unspecified atom stereocenters. The predicted molar refractivity (Wildman–Crippen MR) is 41.0 cm³/mol. The van der Waals surface area contributed by atoms with Gasteiger partial charge in [0.05, 0.1) is 0 Å². The van der Waals surface area contributed by atoms with E-state index in [4.69, 9.17) is 5.11 Å². The fourth-order valence-corrected chi connectivity index (χ4v) is 0.897. The van der Waals surface area contributed by atoms with Gasteiger partial charge in [0, 0.05) is 6.92 Å². The second kappa shape index (κ2) is 3.51. The van der Waals surface area contributed by atoms with E-state index in [0.29, 0.717) is 0 Å². The highest BCUT2D eigenvalue weighted by atomic mass is 16.5. The molecule has 0 aromatic heterocycles. The maximum Gasteiger partial charge on any atom is 0.307 e. The van der Waals surface area contributed by atoms with E-state index in [9.17, 15) is 9.90 Å². The zero-order valence-electron chi connectivity index (χ0n) is 6.60. The molecule has 0 aromatic rings. The van der Waals surface area contributed by atoms with Crippen LogP contribution in [0.1, 0.15) is 6.92 Å². The highest BCUT2D eigenvalue weighted by Crippen LogP contribution is 2.14. The number of carbonyl (C=O) groups excluding carboxylic acids is 1. The molecule has 0 aliphatic heterocycles. The Kier molecular flexibility index (Phi) is 2.62. The molecule has 2 N–H and O–H groups in total. The van der Waals surface area contributed by atoms with Crippen LogP contribution in [0.4, 0.5) is 0 Å². The summed E-state index contributed by atoms with van der Waals surface area (Å²) in [5.74, 6) is -0.430. The highest BCUT2D eigenvalue weighted by Gasteiger charge is 2.23. The van der Waals surface area contributed by atoms with Crippen molar-refractivity contribution in [3.63, 3.8) is 0 Å². The number of ether oxygens (including phenoxy) is 1. The molecule has 0 amide bonds. The van der Waals surface area contributed by atoms with Crippen LogP contribution in [0.15, 0.2) is 24.0 Å². The summed E-state index contributed by atoms with van der Waals surface area (Å²) in [7, 11) is 0. The van der Waals surface area contributed by atoms with Gasteiger partial charge in [-0.1, -0.05) is 12.2 Å². The van der Waals surface area contributed by atoms with E-state index in [-0.39, 0.29) is 5.76 Å². The zero-order chi connectivity index (χ0) is 9.14. The van der Waals surface area contributed by atoms with Gasteiger partial charge in [0.2, 0.25) is 0 Å². The maximum absolute atomic E-state index is 10.5. The van der Waals surface area contributed by atoms with Crippen LogP contribution in [-0.4, -0.2) is 28.4 Å². The normalized spacial score (nSPS) is 28.1. The van der Waals surface area contributed by atoms with Crippen molar-refractivity contribution in [3.8, 4) is 0 Å². The van der Waals surface area contributed by atoms with E-state index in [0.717, 1.165) is 0 Å². The molecule has 12 heavy (non-hydrogen) atoms. The minimum absolute atomic E-state index is 0.0810. The van der Waals surface area contributed by atoms with Crippen LogP contribution in [0.3, 0.4) is 0 Å². The van der Waals surface area contributed by atoms with Crippen molar-refractivity contribution in [2.75, 3.05) is 0 Å². The van der Waals surface area contributed by atoms with E-state index < -0.39 is 18.2 Å². The van der Waals surface area contributed by atoms with Crippen molar-refractivity contribution in [2.45, 2.75) is 19.1 Å². The molecule has 0 saturated heterocycles. The molecule has 0 bridgehead atoms. The number of rotatable bonds is 1. The minimum Gasteiger partial charge on any atom is -0.428 e. The molecule has 66 valence electrons. The zero-order valence-corrected chi connectivity index (χ0v) is 6.60. The summed E-state index contributed by atoms with van der Waals surface area (Å²) in [6.07, 6.45) is 2.25. The molecule has 0 radical (unpaired) electrons. The Hall–Kier alpha value is -1.13. The van der Waals surface area contributed by atoms with Crippen LogP contribution in [0.2, 0.25) is 0 Å². The molecule has 0 spiro atoms. The first-order valence-corrected chi connectivity index (χ1v) is 3.54. The lowest BCUT2D eigenvalue weighted by Gasteiger charge is -2.19. The summed E-state index contributed by atoms with van der Waals surface area (Å²) in [4.78, 5) is 10.5. The van der Waals surface area contributed by atoms with Crippen molar-refractivity contribution < 1.29 is 19.7 Å². The summed E-state index contributed by atoms with van der Waals surface area (Å²) < 4.78 is 4.63. The monoisotopic (exact) mass is 170 g/mol. The maximum atomic E-state index is 10.5. The number of carbonyl (C=O) groups is 1. The van der Waals surface area contributed by atoms with Crippen LogP contribution in [0, 0.1) is 0 Å². The highest BCUT2D eigenvalue weighted by molar-refractivity contribution is 5.67. The standard InChI is InChI=1S/C8H10O4/c1-5(9)12-7-4-2-3-6(10)8(7)11/h2-4,6,8,10-11H,1H3/t6-,8+/m0/s1. The van der Waals surface area contributed by atoms with Crippen LogP contribution < -0.4 is 0 Å². The van der Waals surface area contributed by atoms with Crippen molar-refractivity contribution in [2.24, 2.45) is 0 Å². The van der Waals surface area contributed by atoms with Gasteiger partial charge < -0.3 is 14.9 Å². The van der Waals surface area contributed by atoms with Crippen LogP contribution in [-0.2, 0) is 9.53 Å². The second-order valence-corrected chi connectivity index (χ2v) is 2.48. The van der Waals surface area contributed by atoms with Gasteiger partial charge in [-0.25, -0.2) is 0 Å². The van der Waals surface area contributed by atoms with E-state index in [1.165, 1.54) is 25.2 Å².